The van der Waals surface area contributed by atoms with Crippen LogP contribution in [-0.2, 0) is 11.3 Å². The molecule has 1 amide bonds. The number of amides is 1. The van der Waals surface area contributed by atoms with Crippen LogP contribution in [0.4, 0.5) is 15.2 Å². The number of anilines is 2. The van der Waals surface area contributed by atoms with Gasteiger partial charge in [0, 0.05) is 23.1 Å². The van der Waals surface area contributed by atoms with Gasteiger partial charge in [-0.2, -0.15) is 0 Å². The van der Waals surface area contributed by atoms with Gasteiger partial charge in [0.05, 0.1) is 17.9 Å². The second kappa shape index (κ2) is 8.20. The van der Waals surface area contributed by atoms with Crippen LogP contribution in [-0.4, -0.2) is 23.1 Å². The predicted octanol–water partition coefficient (Wildman–Crippen LogP) is 4.47. The summed E-state index contributed by atoms with van der Waals surface area (Å²) in [4.78, 5) is 16.8. The molecule has 0 aliphatic rings. The van der Waals surface area contributed by atoms with Crippen molar-refractivity contribution in [1.29, 1.82) is 0 Å². The number of nitrogens with zero attached hydrogens (tertiary/aromatic N) is 1. The average Bonchev–Trinajstić information content (AvgIpc) is 3.06. The summed E-state index contributed by atoms with van der Waals surface area (Å²) in [5.74, 6) is -0.896. The number of halogens is 1. The molecular formula is C20H18FN3O3S. The number of pyridine rings is 1. The minimum absolute atomic E-state index is 0.223. The Balaban J connectivity index is 1.98. The highest BCUT2D eigenvalue weighted by atomic mass is 32.1. The van der Waals surface area contributed by atoms with Crippen molar-refractivity contribution in [1.82, 2.24) is 4.98 Å². The summed E-state index contributed by atoms with van der Waals surface area (Å²) in [5.41, 5.74) is 7.00. The molecule has 144 valence electrons. The number of ether oxygens (including phenoxy) is 1. The van der Waals surface area contributed by atoms with Crippen molar-refractivity contribution < 1.29 is 19.0 Å². The van der Waals surface area contributed by atoms with Gasteiger partial charge in [-0.15, -0.1) is 11.3 Å². The Morgan fingerprint density at radius 1 is 1.36 bits per heavy atom. The highest BCUT2D eigenvalue weighted by molar-refractivity contribution is 7.19. The number of hydrogen-bond donors (Lipinski definition) is 3. The van der Waals surface area contributed by atoms with E-state index in [2.05, 4.69) is 16.9 Å². The van der Waals surface area contributed by atoms with Gasteiger partial charge in [-0.25, -0.2) is 9.37 Å². The molecule has 0 radical (unpaired) electrons. The first-order valence-electron chi connectivity index (χ1n) is 8.22. The maximum atomic E-state index is 14.5. The van der Waals surface area contributed by atoms with Crippen LogP contribution in [0, 0.1) is 5.82 Å². The number of rotatable bonds is 7. The van der Waals surface area contributed by atoms with E-state index in [1.165, 1.54) is 29.5 Å². The molecular weight excluding hydrogens is 381 g/mol. The van der Waals surface area contributed by atoms with Gasteiger partial charge in [-0.3, -0.25) is 4.79 Å². The summed E-state index contributed by atoms with van der Waals surface area (Å²) in [6.07, 6.45) is 0. The molecule has 2 heterocycles. The van der Waals surface area contributed by atoms with Gasteiger partial charge in [0.15, 0.2) is 0 Å². The zero-order valence-electron chi connectivity index (χ0n) is 15.0. The van der Waals surface area contributed by atoms with Crippen LogP contribution in [0.3, 0.4) is 0 Å². The Morgan fingerprint density at radius 3 is 2.79 bits per heavy atom. The van der Waals surface area contributed by atoms with Crippen molar-refractivity contribution in [3.8, 4) is 10.4 Å². The predicted molar refractivity (Wildman–Crippen MR) is 108 cm³/mol. The minimum atomic E-state index is -0.640. The third kappa shape index (κ3) is 4.19. The molecule has 2 aromatic heterocycles. The van der Waals surface area contributed by atoms with Gasteiger partial charge in [0.2, 0.25) is 0 Å². The Morgan fingerprint density at radius 2 is 2.14 bits per heavy atom. The fourth-order valence-corrected chi connectivity index (χ4v) is 3.69. The maximum absolute atomic E-state index is 14.5. The first-order valence-corrected chi connectivity index (χ1v) is 9.04. The van der Waals surface area contributed by atoms with E-state index in [1.54, 1.807) is 19.2 Å². The van der Waals surface area contributed by atoms with Gasteiger partial charge in [-0.05, 0) is 30.3 Å². The number of aliphatic hydroxyl groups excluding tert-OH is 1. The van der Waals surface area contributed by atoms with E-state index < -0.39 is 11.7 Å². The van der Waals surface area contributed by atoms with Crippen molar-refractivity contribution >= 4 is 33.8 Å². The third-order valence-electron chi connectivity index (χ3n) is 3.91. The second-order valence-electron chi connectivity index (χ2n) is 5.93. The number of nitrogens with one attached hydrogen (secondary N) is 1. The van der Waals surface area contributed by atoms with E-state index >= 15 is 0 Å². The molecule has 6 nitrogen and oxygen atoms in total. The van der Waals surface area contributed by atoms with Gasteiger partial charge in [0.1, 0.15) is 22.4 Å². The molecule has 3 rings (SSSR count). The Kier molecular flexibility index (Phi) is 5.72. The van der Waals surface area contributed by atoms with Crippen molar-refractivity contribution in [2.45, 2.75) is 6.61 Å². The van der Waals surface area contributed by atoms with E-state index in [0.29, 0.717) is 22.3 Å². The van der Waals surface area contributed by atoms with Crippen LogP contribution < -0.4 is 11.1 Å². The molecule has 0 atom stereocenters. The standard InChI is InChI=1S/C20H18FN3O3S/c1-11(25)12-6-7-14(16(21)8-12)17-9-15(19(22)26)20(28-17)24-18-5-3-4-13(23-18)10-27-2/h3-9,25H,1,10H2,2H3,(H2,22,26)(H,23,24). The summed E-state index contributed by atoms with van der Waals surface area (Å²) in [7, 11) is 1.57. The van der Waals surface area contributed by atoms with E-state index in [1.807, 2.05) is 12.1 Å². The van der Waals surface area contributed by atoms with E-state index in [-0.39, 0.29) is 22.4 Å². The highest BCUT2D eigenvalue weighted by Gasteiger charge is 2.18. The molecule has 4 N–H and O–H groups in total. The molecule has 8 heteroatoms. The summed E-state index contributed by atoms with van der Waals surface area (Å²) < 4.78 is 19.6. The van der Waals surface area contributed by atoms with Gasteiger partial charge in [-0.1, -0.05) is 18.7 Å². The average molecular weight is 399 g/mol. The van der Waals surface area contributed by atoms with Crippen LogP contribution in [0.2, 0.25) is 0 Å². The Bertz CT molecular complexity index is 1050. The molecule has 0 unspecified atom stereocenters. The lowest BCUT2D eigenvalue weighted by Crippen LogP contribution is -2.11. The number of carbonyl (C=O) groups is 1. The van der Waals surface area contributed by atoms with Gasteiger partial charge < -0.3 is 20.9 Å². The molecule has 0 spiro atoms. The number of aromatic nitrogens is 1. The molecule has 0 saturated heterocycles. The smallest absolute Gasteiger partial charge is 0.251 e. The number of thiophene rings is 1. The number of methoxy groups -OCH3 is 1. The number of hydrogen-bond acceptors (Lipinski definition) is 6. The first kappa shape index (κ1) is 19.5. The van der Waals surface area contributed by atoms with Crippen molar-refractivity contribution in [2.75, 3.05) is 12.4 Å². The zero-order chi connectivity index (χ0) is 20.3. The zero-order valence-corrected chi connectivity index (χ0v) is 15.8. The number of primary amides is 1. The minimum Gasteiger partial charge on any atom is -0.508 e. The lowest BCUT2D eigenvalue weighted by Gasteiger charge is -2.06. The molecule has 0 aliphatic carbocycles. The number of carbonyl (C=O) groups excluding carboxylic acids is 1. The summed E-state index contributed by atoms with van der Waals surface area (Å²) >= 11 is 1.18. The number of nitrogens with two attached hydrogens (primary N) is 1. The SMILES string of the molecule is C=C(O)c1ccc(-c2cc(C(N)=O)c(Nc3cccc(COC)n3)s2)c(F)c1. The van der Waals surface area contributed by atoms with Crippen molar-refractivity contribution in [2.24, 2.45) is 5.73 Å². The topological polar surface area (TPSA) is 97.5 Å². The normalized spacial score (nSPS) is 10.6. The highest BCUT2D eigenvalue weighted by Crippen LogP contribution is 2.38. The number of benzene rings is 1. The van der Waals surface area contributed by atoms with Gasteiger partial charge >= 0.3 is 0 Å². The molecule has 3 aromatic rings. The van der Waals surface area contributed by atoms with E-state index in [9.17, 15) is 14.3 Å². The van der Waals surface area contributed by atoms with Gasteiger partial charge in [0.25, 0.3) is 5.91 Å². The fraction of sp³-hybridized carbons (Fsp3) is 0.100. The maximum Gasteiger partial charge on any atom is 0.251 e. The van der Waals surface area contributed by atoms with Crippen molar-refractivity contribution in [3.05, 3.63) is 71.7 Å². The number of aliphatic hydroxyl groups is 1. The lowest BCUT2D eigenvalue weighted by atomic mass is 10.1. The van der Waals surface area contributed by atoms with Crippen molar-refractivity contribution in [3.63, 3.8) is 0 Å². The van der Waals surface area contributed by atoms with Crippen LogP contribution in [0.15, 0.2) is 49.0 Å². The van der Waals surface area contributed by atoms with Crippen LogP contribution >= 0.6 is 11.3 Å². The van der Waals surface area contributed by atoms with Crippen LogP contribution in [0.25, 0.3) is 16.2 Å². The molecule has 0 bridgehead atoms. The Hall–Kier alpha value is -3.23. The van der Waals surface area contributed by atoms with E-state index in [4.69, 9.17) is 10.5 Å². The third-order valence-corrected chi connectivity index (χ3v) is 4.99. The molecule has 0 aliphatic heterocycles. The molecule has 1 aromatic carbocycles. The molecule has 0 saturated carbocycles. The largest absolute Gasteiger partial charge is 0.508 e. The quantitative estimate of drug-likeness (QED) is 0.510. The monoisotopic (exact) mass is 399 g/mol. The van der Waals surface area contributed by atoms with Crippen LogP contribution in [0.5, 0.6) is 0 Å². The Labute approximate surface area is 165 Å². The summed E-state index contributed by atoms with van der Waals surface area (Å²) in [6, 6.07) is 11.1. The summed E-state index contributed by atoms with van der Waals surface area (Å²) in [5, 5.41) is 12.9. The second-order valence-corrected chi connectivity index (χ2v) is 6.98. The molecule has 0 fully saturated rings. The summed E-state index contributed by atoms with van der Waals surface area (Å²) in [6.45, 7) is 3.73. The fourth-order valence-electron chi connectivity index (χ4n) is 2.59. The lowest BCUT2D eigenvalue weighted by molar-refractivity contribution is 0.100. The van der Waals surface area contributed by atoms with E-state index in [0.717, 1.165) is 5.69 Å². The first-order chi connectivity index (χ1) is 13.4. The molecule has 28 heavy (non-hydrogen) atoms. The van der Waals surface area contributed by atoms with Crippen LogP contribution in [0.1, 0.15) is 21.6 Å².